The molecule has 3 heteroatoms. The molecule has 0 fully saturated rings. The van der Waals surface area contributed by atoms with E-state index in [1.807, 2.05) is 20.9 Å². The topological polar surface area (TPSA) is 27.4 Å². The Morgan fingerprint density at radius 3 is 2.67 bits per heavy atom. The van der Waals surface area contributed by atoms with Crippen molar-refractivity contribution in [2.75, 3.05) is 13.6 Å². The minimum Gasteiger partial charge on any atom is -0.268 e. The fraction of sp³-hybridized carbons (Fsp3) is 0.667. The lowest BCUT2D eigenvalue weighted by molar-refractivity contribution is -0.533. The molecule has 0 aromatic rings. The Balaban J connectivity index is 3.62. The first-order valence-corrected chi connectivity index (χ1v) is 2.98. The summed E-state index contributed by atoms with van der Waals surface area (Å²) < 4.78 is 1.62. The number of hydrogen-bond donors (Lipinski definition) is 1. The van der Waals surface area contributed by atoms with Crippen LogP contribution in [0.3, 0.4) is 0 Å². The summed E-state index contributed by atoms with van der Waals surface area (Å²) in [6, 6.07) is 0. The van der Waals surface area contributed by atoms with Crippen molar-refractivity contribution in [3.05, 3.63) is 0 Å². The molecule has 3 nitrogen and oxygen atoms in total. The number of rotatable bonds is 2. The van der Waals surface area contributed by atoms with Gasteiger partial charge in [0, 0.05) is 6.54 Å². The first-order valence-electron chi connectivity index (χ1n) is 2.98. The van der Waals surface area contributed by atoms with E-state index in [9.17, 15) is 0 Å². The van der Waals surface area contributed by atoms with Gasteiger partial charge in [0.25, 0.3) is 0 Å². The van der Waals surface area contributed by atoms with Crippen molar-refractivity contribution in [3.63, 3.8) is 0 Å². The quantitative estimate of drug-likeness (QED) is 0.246. The van der Waals surface area contributed by atoms with Gasteiger partial charge in [-0.1, -0.05) is 0 Å². The van der Waals surface area contributed by atoms with Gasteiger partial charge in [0.1, 0.15) is 0 Å². The molecule has 0 saturated heterocycles. The Bertz CT molecular complexity index is 126. The summed E-state index contributed by atoms with van der Waals surface area (Å²) in [4.78, 5) is 4.09. The van der Waals surface area contributed by atoms with Crippen LogP contribution in [0.25, 0.3) is 0 Å². The first-order chi connectivity index (χ1) is 4.16. The molecular formula is C6H14N3+. The molecule has 0 radical (unpaired) electrons. The maximum Gasteiger partial charge on any atom is 0.161 e. The van der Waals surface area contributed by atoms with E-state index in [0.29, 0.717) is 0 Å². The number of nitrogens with zero attached hydrogens (tertiary/aromatic N) is 2. The van der Waals surface area contributed by atoms with E-state index in [2.05, 4.69) is 17.1 Å². The summed E-state index contributed by atoms with van der Waals surface area (Å²) in [7, 11) is 1.83. The summed E-state index contributed by atoms with van der Waals surface area (Å²) in [6.45, 7) is 8.32. The molecule has 0 aromatic carbocycles. The number of nitrogens with one attached hydrogen (secondary N) is 1. The van der Waals surface area contributed by atoms with E-state index < -0.39 is 0 Å². The highest BCUT2D eigenvalue weighted by Crippen LogP contribution is 1.70. The predicted molar refractivity (Wildman–Crippen MR) is 40.1 cm³/mol. The van der Waals surface area contributed by atoms with Crippen molar-refractivity contribution in [1.29, 1.82) is 0 Å². The second-order valence-electron chi connectivity index (χ2n) is 1.87. The average Bonchev–Trinajstić information content (AvgIpc) is 1.63. The molecular weight excluding hydrogens is 114 g/mol. The highest BCUT2D eigenvalue weighted by molar-refractivity contribution is 5.78. The Labute approximate surface area is 56.1 Å². The van der Waals surface area contributed by atoms with Crippen molar-refractivity contribution < 1.29 is 4.68 Å². The molecule has 0 aliphatic rings. The van der Waals surface area contributed by atoms with E-state index in [-0.39, 0.29) is 0 Å². The van der Waals surface area contributed by atoms with Gasteiger partial charge in [-0.25, -0.2) is 0 Å². The van der Waals surface area contributed by atoms with Crippen LogP contribution in [0, 0.1) is 0 Å². The molecule has 0 atom stereocenters. The summed E-state index contributed by atoms with van der Waals surface area (Å²) >= 11 is 0. The van der Waals surface area contributed by atoms with Crippen molar-refractivity contribution in [2.24, 2.45) is 4.99 Å². The first kappa shape index (κ1) is 8.14. The Kier molecular flexibility index (Phi) is 3.67. The van der Waals surface area contributed by atoms with Crippen LogP contribution >= 0.6 is 0 Å². The molecule has 0 heterocycles. The number of hydrazine groups is 1. The minimum atomic E-state index is 0.812. The van der Waals surface area contributed by atoms with Crippen LogP contribution in [-0.2, 0) is 0 Å². The van der Waals surface area contributed by atoms with E-state index in [4.69, 9.17) is 0 Å². The lowest BCUT2D eigenvalue weighted by Crippen LogP contribution is -2.28. The molecule has 1 N–H and O–H groups in total. The molecule has 0 amide bonds. The standard InChI is InChI=1S/C6H14N3/c1-5-7-6(2)8-9(3)4/h3,5H2,1-2,4H3,(H,7,8)/q+1. The highest BCUT2D eigenvalue weighted by Gasteiger charge is 1.89. The molecule has 0 rings (SSSR count). The predicted octanol–water partition coefficient (Wildman–Crippen LogP) is 0.272. The summed E-state index contributed by atoms with van der Waals surface area (Å²) in [5.41, 5.74) is 2.92. The summed E-state index contributed by atoms with van der Waals surface area (Å²) in [5, 5.41) is 0. The largest absolute Gasteiger partial charge is 0.268 e. The third-order valence-electron chi connectivity index (χ3n) is 0.748. The van der Waals surface area contributed by atoms with Gasteiger partial charge in [0.2, 0.25) is 0 Å². The lowest BCUT2D eigenvalue weighted by Gasteiger charge is -1.95. The van der Waals surface area contributed by atoms with Gasteiger partial charge >= 0.3 is 0 Å². The third-order valence-corrected chi connectivity index (χ3v) is 0.748. The van der Waals surface area contributed by atoms with Crippen molar-refractivity contribution >= 4 is 12.6 Å². The van der Waals surface area contributed by atoms with Crippen LogP contribution < -0.4 is 5.43 Å². The molecule has 0 aromatic heterocycles. The summed E-state index contributed by atoms with van der Waals surface area (Å²) in [6.07, 6.45) is 0. The average molecular weight is 128 g/mol. The van der Waals surface area contributed by atoms with E-state index in [1.54, 1.807) is 4.68 Å². The number of hydrogen-bond acceptors (Lipinski definition) is 1. The van der Waals surface area contributed by atoms with E-state index >= 15 is 0 Å². The van der Waals surface area contributed by atoms with E-state index in [1.165, 1.54) is 0 Å². The molecule has 0 saturated carbocycles. The van der Waals surface area contributed by atoms with Crippen molar-refractivity contribution in [1.82, 2.24) is 5.43 Å². The molecule has 52 valence electrons. The van der Waals surface area contributed by atoms with Crippen LogP contribution in [-0.4, -0.2) is 30.8 Å². The third kappa shape index (κ3) is 5.00. The van der Waals surface area contributed by atoms with E-state index in [0.717, 1.165) is 12.4 Å². The van der Waals surface area contributed by atoms with Gasteiger partial charge in [0.15, 0.2) is 19.6 Å². The van der Waals surface area contributed by atoms with Gasteiger partial charge in [-0.3, -0.25) is 4.99 Å². The van der Waals surface area contributed by atoms with Gasteiger partial charge in [-0.05, 0) is 13.8 Å². The zero-order valence-corrected chi connectivity index (χ0v) is 6.31. The van der Waals surface area contributed by atoms with Crippen LogP contribution in [0.1, 0.15) is 13.8 Å². The Morgan fingerprint density at radius 1 is 1.78 bits per heavy atom. The van der Waals surface area contributed by atoms with Crippen molar-refractivity contribution in [2.45, 2.75) is 13.8 Å². The maximum atomic E-state index is 4.09. The second-order valence-corrected chi connectivity index (χ2v) is 1.87. The second kappa shape index (κ2) is 4.06. The zero-order valence-electron chi connectivity index (χ0n) is 6.31. The van der Waals surface area contributed by atoms with Gasteiger partial charge in [0.05, 0.1) is 0 Å². The highest BCUT2D eigenvalue weighted by atomic mass is 15.4. The maximum absolute atomic E-state index is 4.09. The van der Waals surface area contributed by atoms with Gasteiger partial charge in [-0.15, -0.1) is 4.68 Å². The molecule has 0 bridgehead atoms. The fourth-order valence-corrected chi connectivity index (χ4v) is 0.549. The normalized spacial score (nSPS) is 11.2. The van der Waals surface area contributed by atoms with Crippen LogP contribution in [0.5, 0.6) is 0 Å². The minimum absolute atomic E-state index is 0.812. The van der Waals surface area contributed by atoms with Gasteiger partial charge in [-0.2, -0.15) is 5.43 Å². The van der Waals surface area contributed by atoms with Crippen LogP contribution in [0.2, 0.25) is 0 Å². The molecule has 0 aliphatic carbocycles. The van der Waals surface area contributed by atoms with Gasteiger partial charge < -0.3 is 0 Å². The fourth-order valence-electron chi connectivity index (χ4n) is 0.549. The monoisotopic (exact) mass is 128 g/mol. The van der Waals surface area contributed by atoms with Crippen LogP contribution in [0.15, 0.2) is 4.99 Å². The molecule has 0 spiro atoms. The molecule has 0 aliphatic heterocycles. The lowest BCUT2D eigenvalue weighted by atomic mass is 10.7. The SMILES string of the molecule is C=[N+](C)NC(C)=NCC. The Hall–Kier alpha value is -0.860. The molecule has 0 unspecified atom stereocenters. The van der Waals surface area contributed by atoms with Crippen LogP contribution in [0.4, 0.5) is 0 Å². The Morgan fingerprint density at radius 2 is 2.33 bits per heavy atom. The number of aliphatic imine (C=N–C) groups is 1. The zero-order chi connectivity index (χ0) is 7.28. The van der Waals surface area contributed by atoms with Crippen molar-refractivity contribution in [3.8, 4) is 0 Å². The summed E-state index contributed by atoms with van der Waals surface area (Å²) in [5.74, 6) is 0.898. The number of hydrazone groups is 1. The smallest absolute Gasteiger partial charge is 0.161 e. The number of amidine groups is 1. The molecule has 9 heavy (non-hydrogen) atoms.